The van der Waals surface area contributed by atoms with Crippen molar-refractivity contribution >= 4 is 23.6 Å². The molecule has 0 saturated heterocycles. The Morgan fingerprint density at radius 1 is 1.56 bits per heavy atom. The molecule has 0 unspecified atom stereocenters. The fraction of sp³-hybridized carbons (Fsp3) is 0.250. The molecule has 1 aromatic rings. The van der Waals surface area contributed by atoms with E-state index in [0.717, 1.165) is 11.6 Å². The molecule has 16 heavy (non-hydrogen) atoms. The van der Waals surface area contributed by atoms with Gasteiger partial charge >= 0.3 is 5.97 Å². The van der Waals surface area contributed by atoms with Gasteiger partial charge in [0, 0.05) is 16.7 Å². The molecule has 86 valence electrons. The van der Waals surface area contributed by atoms with E-state index < -0.39 is 5.97 Å². The van der Waals surface area contributed by atoms with Crippen LogP contribution in [0.4, 0.5) is 0 Å². The summed E-state index contributed by atoms with van der Waals surface area (Å²) in [5.41, 5.74) is 1.56. The minimum atomic E-state index is -1.000. The van der Waals surface area contributed by atoms with Crippen LogP contribution in [0.2, 0.25) is 5.02 Å². The lowest BCUT2D eigenvalue weighted by Crippen LogP contribution is -1.97. The van der Waals surface area contributed by atoms with Crippen molar-refractivity contribution in [2.75, 3.05) is 6.61 Å². The van der Waals surface area contributed by atoms with Crippen molar-refractivity contribution < 1.29 is 14.6 Å². The molecule has 1 N–H and O–H groups in total. The van der Waals surface area contributed by atoms with E-state index in [2.05, 4.69) is 0 Å². The van der Waals surface area contributed by atoms with Gasteiger partial charge in [-0.1, -0.05) is 11.6 Å². The Kier molecular flexibility index (Phi) is 4.38. The monoisotopic (exact) mass is 240 g/mol. The third kappa shape index (κ3) is 3.28. The molecule has 0 radical (unpaired) electrons. The molecule has 0 spiro atoms. The smallest absolute Gasteiger partial charge is 0.328 e. The van der Waals surface area contributed by atoms with Crippen LogP contribution in [0.5, 0.6) is 5.75 Å². The Balaban J connectivity index is 3.18. The molecule has 0 atom stereocenters. The molecule has 3 nitrogen and oxygen atoms in total. The maximum atomic E-state index is 10.5. The summed E-state index contributed by atoms with van der Waals surface area (Å²) in [6.07, 6.45) is 2.54. The SMILES string of the molecule is CCOc1c(C)cc(Cl)cc1/C=C\C(=O)O. The van der Waals surface area contributed by atoms with Crippen molar-refractivity contribution in [1.29, 1.82) is 0 Å². The van der Waals surface area contributed by atoms with Gasteiger partial charge in [-0.3, -0.25) is 0 Å². The number of hydrogen-bond acceptors (Lipinski definition) is 2. The van der Waals surface area contributed by atoms with E-state index in [1.807, 2.05) is 13.8 Å². The molecule has 0 aliphatic rings. The number of carboxylic acid groups (broad SMARTS) is 1. The minimum absolute atomic E-state index is 0.524. The molecule has 0 bridgehead atoms. The molecule has 1 aromatic carbocycles. The van der Waals surface area contributed by atoms with Gasteiger partial charge in [0.2, 0.25) is 0 Å². The number of carbonyl (C=O) groups is 1. The first-order valence-corrected chi connectivity index (χ1v) is 5.26. The summed E-state index contributed by atoms with van der Waals surface area (Å²) in [5.74, 6) is -0.329. The molecule has 0 amide bonds. The van der Waals surface area contributed by atoms with Gasteiger partial charge in [0.25, 0.3) is 0 Å². The van der Waals surface area contributed by atoms with Crippen LogP contribution in [0.15, 0.2) is 18.2 Å². The van der Waals surface area contributed by atoms with Crippen molar-refractivity contribution in [3.8, 4) is 5.75 Å². The van der Waals surface area contributed by atoms with Gasteiger partial charge in [0.05, 0.1) is 6.61 Å². The van der Waals surface area contributed by atoms with Crippen LogP contribution in [0.3, 0.4) is 0 Å². The van der Waals surface area contributed by atoms with Crippen LogP contribution in [0.1, 0.15) is 18.1 Å². The van der Waals surface area contributed by atoms with Crippen molar-refractivity contribution in [2.45, 2.75) is 13.8 Å². The highest BCUT2D eigenvalue weighted by Gasteiger charge is 2.06. The van der Waals surface area contributed by atoms with Crippen LogP contribution in [-0.4, -0.2) is 17.7 Å². The number of aryl methyl sites for hydroxylation is 1. The highest BCUT2D eigenvalue weighted by molar-refractivity contribution is 6.30. The summed E-state index contributed by atoms with van der Waals surface area (Å²) in [4.78, 5) is 10.5. The molecule has 0 fully saturated rings. The number of halogens is 1. The summed E-state index contributed by atoms with van der Waals surface area (Å²) in [5, 5.41) is 9.13. The molecule has 0 aromatic heterocycles. The standard InChI is InChI=1S/C12H13ClO3/c1-3-16-12-8(2)6-10(13)7-9(12)4-5-11(14)15/h4-7H,3H2,1-2H3,(H,14,15)/b5-4-. The van der Waals surface area contributed by atoms with E-state index >= 15 is 0 Å². The van der Waals surface area contributed by atoms with E-state index in [-0.39, 0.29) is 0 Å². The van der Waals surface area contributed by atoms with E-state index in [4.69, 9.17) is 21.4 Å². The number of rotatable bonds is 4. The van der Waals surface area contributed by atoms with Crippen LogP contribution < -0.4 is 4.74 Å². The van der Waals surface area contributed by atoms with Crippen LogP contribution in [0, 0.1) is 6.92 Å². The first kappa shape index (κ1) is 12.6. The third-order valence-electron chi connectivity index (χ3n) is 1.96. The van der Waals surface area contributed by atoms with Crippen LogP contribution in [-0.2, 0) is 4.79 Å². The van der Waals surface area contributed by atoms with Gasteiger partial charge in [-0.25, -0.2) is 4.79 Å². The molecule has 0 aliphatic carbocycles. The molecule has 0 heterocycles. The van der Waals surface area contributed by atoms with Gasteiger partial charge in [-0.2, -0.15) is 0 Å². The summed E-state index contributed by atoms with van der Waals surface area (Å²) >= 11 is 5.90. The van der Waals surface area contributed by atoms with Gasteiger partial charge in [0.1, 0.15) is 5.75 Å². The Morgan fingerprint density at radius 3 is 2.81 bits per heavy atom. The summed E-state index contributed by atoms with van der Waals surface area (Å²) < 4.78 is 5.45. The van der Waals surface area contributed by atoms with Crippen molar-refractivity contribution in [2.24, 2.45) is 0 Å². The van der Waals surface area contributed by atoms with Crippen LogP contribution >= 0.6 is 11.6 Å². The maximum absolute atomic E-state index is 10.5. The van der Waals surface area contributed by atoms with E-state index in [1.165, 1.54) is 6.08 Å². The first-order valence-electron chi connectivity index (χ1n) is 4.88. The summed E-state index contributed by atoms with van der Waals surface area (Å²) in [6.45, 7) is 4.27. The zero-order chi connectivity index (χ0) is 12.1. The second-order valence-electron chi connectivity index (χ2n) is 3.25. The van der Waals surface area contributed by atoms with Crippen molar-refractivity contribution in [1.82, 2.24) is 0 Å². The molecular weight excluding hydrogens is 228 g/mol. The van der Waals surface area contributed by atoms with Gasteiger partial charge < -0.3 is 9.84 Å². The highest BCUT2D eigenvalue weighted by atomic mass is 35.5. The van der Waals surface area contributed by atoms with Crippen LogP contribution in [0.25, 0.3) is 6.08 Å². The highest BCUT2D eigenvalue weighted by Crippen LogP contribution is 2.28. The Bertz CT molecular complexity index is 425. The second kappa shape index (κ2) is 5.56. The predicted octanol–water partition coefficient (Wildman–Crippen LogP) is 3.14. The fourth-order valence-electron chi connectivity index (χ4n) is 1.38. The van der Waals surface area contributed by atoms with E-state index in [1.54, 1.807) is 12.1 Å². The largest absolute Gasteiger partial charge is 0.493 e. The van der Waals surface area contributed by atoms with Gasteiger partial charge in [0.15, 0.2) is 0 Å². The second-order valence-corrected chi connectivity index (χ2v) is 3.68. The quantitative estimate of drug-likeness (QED) is 0.823. The predicted molar refractivity (Wildman–Crippen MR) is 64.0 cm³/mol. The molecule has 0 aliphatic heterocycles. The molecule has 4 heteroatoms. The van der Waals surface area contributed by atoms with Gasteiger partial charge in [-0.15, -0.1) is 0 Å². The van der Waals surface area contributed by atoms with Crippen molar-refractivity contribution in [3.05, 3.63) is 34.4 Å². The lowest BCUT2D eigenvalue weighted by atomic mass is 10.1. The molecule has 1 rings (SSSR count). The minimum Gasteiger partial charge on any atom is -0.493 e. The lowest BCUT2D eigenvalue weighted by Gasteiger charge is -2.11. The topological polar surface area (TPSA) is 46.5 Å². The zero-order valence-corrected chi connectivity index (χ0v) is 9.91. The molecular formula is C12H13ClO3. The summed E-state index contributed by atoms with van der Waals surface area (Å²) in [6, 6.07) is 3.46. The Hall–Kier alpha value is -1.48. The van der Waals surface area contributed by atoms with Crippen molar-refractivity contribution in [3.63, 3.8) is 0 Å². The average Bonchev–Trinajstić information content (AvgIpc) is 2.19. The fourth-order valence-corrected chi connectivity index (χ4v) is 1.66. The zero-order valence-electron chi connectivity index (χ0n) is 9.16. The van der Waals surface area contributed by atoms with E-state index in [9.17, 15) is 4.79 Å². The average molecular weight is 241 g/mol. The number of benzene rings is 1. The maximum Gasteiger partial charge on any atom is 0.328 e. The Morgan fingerprint density at radius 2 is 2.25 bits per heavy atom. The third-order valence-corrected chi connectivity index (χ3v) is 2.18. The normalized spacial score (nSPS) is 10.7. The Labute approximate surface area is 99.3 Å². The number of ether oxygens (including phenoxy) is 1. The number of aliphatic carboxylic acids is 1. The lowest BCUT2D eigenvalue weighted by molar-refractivity contribution is -0.131. The number of hydrogen-bond donors (Lipinski definition) is 1. The number of carboxylic acids is 1. The summed E-state index contributed by atoms with van der Waals surface area (Å²) in [7, 11) is 0. The van der Waals surface area contributed by atoms with Gasteiger partial charge in [-0.05, 0) is 37.6 Å². The first-order chi connectivity index (χ1) is 7.54. The van der Waals surface area contributed by atoms with E-state index in [0.29, 0.717) is 22.9 Å². The molecule has 0 saturated carbocycles.